The molecule has 0 amide bonds. The Morgan fingerprint density at radius 3 is 2.80 bits per heavy atom. The van der Waals surface area contributed by atoms with Gasteiger partial charge in [-0.3, -0.25) is 0 Å². The van der Waals surface area contributed by atoms with E-state index in [1.165, 1.54) is 19.3 Å². The third-order valence-electron chi connectivity index (χ3n) is 4.31. The first-order chi connectivity index (χ1) is 9.63. The largest absolute Gasteiger partial charge is 0.384 e. The molecule has 1 aliphatic carbocycles. The molecule has 1 heterocycles. The van der Waals surface area contributed by atoms with Gasteiger partial charge in [0.05, 0.1) is 0 Å². The average Bonchev–Trinajstić information content (AvgIpc) is 2.77. The van der Waals surface area contributed by atoms with Crippen LogP contribution in [0, 0.1) is 11.8 Å². The second-order valence-electron chi connectivity index (χ2n) is 5.59. The fourth-order valence-corrected chi connectivity index (χ4v) is 3.07. The fraction of sp³-hybridized carbons (Fsp3) is 0.733. The van der Waals surface area contributed by atoms with E-state index in [0.29, 0.717) is 36.8 Å². The number of nitrogens with two attached hydrogens (primary N) is 1. The van der Waals surface area contributed by atoms with E-state index in [1.54, 1.807) is 6.07 Å². The Morgan fingerprint density at radius 1 is 1.35 bits per heavy atom. The molecule has 0 saturated heterocycles. The Bertz CT molecular complexity index is 438. The lowest BCUT2D eigenvalue weighted by Crippen LogP contribution is -2.25. The topological polar surface area (TPSA) is 73.1 Å². The number of nitrogen functional groups attached to an aromatic ring is 1. The maximum atomic E-state index is 5.85. The SMILES string of the molecule is CCOCc1nc(N)cc(NC2CCC(CC)C2C)n1. The van der Waals surface area contributed by atoms with Gasteiger partial charge < -0.3 is 15.8 Å². The molecule has 3 unspecified atom stereocenters. The molecule has 1 fully saturated rings. The van der Waals surface area contributed by atoms with Crippen molar-refractivity contribution >= 4 is 11.6 Å². The second-order valence-corrected chi connectivity index (χ2v) is 5.59. The van der Waals surface area contributed by atoms with E-state index in [4.69, 9.17) is 10.5 Å². The summed E-state index contributed by atoms with van der Waals surface area (Å²) in [4.78, 5) is 8.69. The molecule has 20 heavy (non-hydrogen) atoms. The maximum absolute atomic E-state index is 5.85. The van der Waals surface area contributed by atoms with Gasteiger partial charge in [-0.15, -0.1) is 0 Å². The molecule has 5 nitrogen and oxygen atoms in total. The molecule has 1 aromatic heterocycles. The van der Waals surface area contributed by atoms with E-state index in [-0.39, 0.29) is 0 Å². The van der Waals surface area contributed by atoms with E-state index in [2.05, 4.69) is 29.1 Å². The molecule has 2 rings (SSSR count). The monoisotopic (exact) mass is 278 g/mol. The Kier molecular flexibility index (Phi) is 5.17. The molecule has 0 aliphatic heterocycles. The minimum atomic E-state index is 0.411. The van der Waals surface area contributed by atoms with Crippen LogP contribution in [0.2, 0.25) is 0 Å². The summed E-state index contributed by atoms with van der Waals surface area (Å²) in [5.41, 5.74) is 5.85. The maximum Gasteiger partial charge on any atom is 0.158 e. The number of nitrogens with one attached hydrogen (secondary N) is 1. The van der Waals surface area contributed by atoms with Gasteiger partial charge in [0.2, 0.25) is 0 Å². The molecule has 5 heteroatoms. The second kappa shape index (κ2) is 6.88. The van der Waals surface area contributed by atoms with Crippen molar-refractivity contribution in [2.45, 2.75) is 52.7 Å². The van der Waals surface area contributed by atoms with Crippen molar-refractivity contribution < 1.29 is 4.74 Å². The van der Waals surface area contributed by atoms with Crippen LogP contribution in [-0.2, 0) is 11.3 Å². The Labute approximate surface area is 121 Å². The summed E-state index contributed by atoms with van der Waals surface area (Å²) in [6, 6.07) is 2.29. The molecule has 0 radical (unpaired) electrons. The van der Waals surface area contributed by atoms with Gasteiger partial charge in [-0.05, 0) is 31.6 Å². The highest BCUT2D eigenvalue weighted by Gasteiger charge is 2.31. The zero-order chi connectivity index (χ0) is 14.5. The van der Waals surface area contributed by atoms with E-state index in [1.807, 2.05) is 6.92 Å². The number of ether oxygens (including phenoxy) is 1. The van der Waals surface area contributed by atoms with Crippen LogP contribution in [0.5, 0.6) is 0 Å². The zero-order valence-electron chi connectivity index (χ0n) is 12.7. The molecule has 0 aromatic carbocycles. The van der Waals surface area contributed by atoms with Crippen molar-refractivity contribution in [3.63, 3.8) is 0 Å². The number of hydrogen-bond donors (Lipinski definition) is 2. The van der Waals surface area contributed by atoms with Gasteiger partial charge in [0.1, 0.15) is 18.2 Å². The van der Waals surface area contributed by atoms with Gasteiger partial charge in [0, 0.05) is 18.7 Å². The Hall–Kier alpha value is -1.36. The molecule has 1 saturated carbocycles. The zero-order valence-corrected chi connectivity index (χ0v) is 12.7. The summed E-state index contributed by atoms with van der Waals surface area (Å²) < 4.78 is 5.35. The summed E-state index contributed by atoms with van der Waals surface area (Å²) in [6.07, 6.45) is 3.74. The lowest BCUT2D eigenvalue weighted by molar-refractivity contribution is 0.128. The van der Waals surface area contributed by atoms with Crippen molar-refractivity contribution in [2.75, 3.05) is 17.7 Å². The molecular weight excluding hydrogens is 252 g/mol. The van der Waals surface area contributed by atoms with Crippen molar-refractivity contribution in [3.8, 4) is 0 Å². The van der Waals surface area contributed by atoms with Crippen molar-refractivity contribution in [1.82, 2.24) is 9.97 Å². The van der Waals surface area contributed by atoms with Crippen LogP contribution in [0.4, 0.5) is 11.6 Å². The third kappa shape index (κ3) is 3.60. The van der Waals surface area contributed by atoms with Crippen LogP contribution in [0.25, 0.3) is 0 Å². The Morgan fingerprint density at radius 2 is 2.15 bits per heavy atom. The fourth-order valence-electron chi connectivity index (χ4n) is 3.07. The highest BCUT2D eigenvalue weighted by Crippen LogP contribution is 2.35. The van der Waals surface area contributed by atoms with Crippen LogP contribution < -0.4 is 11.1 Å². The highest BCUT2D eigenvalue weighted by atomic mass is 16.5. The molecule has 1 aliphatic rings. The van der Waals surface area contributed by atoms with Gasteiger partial charge in [-0.2, -0.15) is 0 Å². The standard InChI is InChI=1S/C15H26N4O/c1-4-11-6-7-12(10(11)3)17-14-8-13(16)18-15(19-14)9-20-5-2/h8,10-12H,4-7,9H2,1-3H3,(H3,16,17,18,19). The van der Waals surface area contributed by atoms with Crippen LogP contribution >= 0.6 is 0 Å². The van der Waals surface area contributed by atoms with Gasteiger partial charge in [0.25, 0.3) is 0 Å². The third-order valence-corrected chi connectivity index (χ3v) is 4.31. The van der Waals surface area contributed by atoms with Crippen molar-refractivity contribution in [3.05, 3.63) is 11.9 Å². The van der Waals surface area contributed by atoms with E-state index >= 15 is 0 Å². The number of nitrogens with zero attached hydrogens (tertiary/aromatic N) is 2. The molecule has 112 valence electrons. The minimum absolute atomic E-state index is 0.411. The minimum Gasteiger partial charge on any atom is -0.384 e. The number of aromatic nitrogens is 2. The van der Waals surface area contributed by atoms with E-state index in [0.717, 1.165) is 11.7 Å². The average molecular weight is 278 g/mol. The predicted octanol–water partition coefficient (Wildman–Crippen LogP) is 2.83. The lowest BCUT2D eigenvalue weighted by Gasteiger charge is -2.21. The summed E-state index contributed by atoms with van der Waals surface area (Å²) in [5, 5.41) is 3.53. The normalized spacial score (nSPS) is 25.9. The van der Waals surface area contributed by atoms with Crippen LogP contribution in [0.15, 0.2) is 6.07 Å². The smallest absolute Gasteiger partial charge is 0.158 e. The summed E-state index contributed by atoms with van der Waals surface area (Å²) in [7, 11) is 0. The summed E-state index contributed by atoms with van der Waals surface area (Å²) in [6.45, 7) is 7.61. The number of anilines is 2. The first kappa shape index (κ1) is 15.0. The van der Waals surface area contributed by atoms with Crippen LogP contribution in [0.1, 0.15) is 45.9 Å². The summed E-state index contributed by atoms with van der Waals surface area (Å²) >= 11 is 0. The first-order valence-electron chi connectivity index (χ1n) is 7.61. The summed E-state index contributed by atoms with van der Waals surface area (Å²) in [5.74, 6) is 3.45. The molecule has 0 spiro atoms. The lowest BCUT2D eigenvalue weighted by atomic mass is 9.93. The van der Waals surface area contributed by atoms with E-state index in [9.17, 15) is 0 Å². The molecule has 1 aromatic rings. The Balaban J connectivity index is 2.03. The molecular formula is C15H26N4O. The van der Waals surface area contributed by atoms with Crippen molar-refractivity contribution in [2.24, 2.45) is 11.8 Å². The van der Waals surface area contributed by atoms with Crippen LogP contribution in [-0.4, -0.2) is 22.6 Å². The van der Waals surface area contributed by atoms with Gasteiger partial charge >= 0.3 is 0 Å². The predicted molar refractivity (Wildman–Crippen MR) is 81.4 cm³/mol. The number of hydrogen-bond acceptors (Lipinski definition) is 5. The molecule has 0 bridgehead atoms. The van der Waals surface area contributed by atoms with E-state index < -0.39 is 0 Å². The van der Waals surface area contributed by atoms with Crippen LogP contribution in [0.3, 0.4) is 0 Å². The van der Waals surface area contributed by atoms with Crippen molar-refractivity contribution in [1.29, 1.82) is 0 Å². The highest BCUT2D eigenvalue weighted by molar-refractivity contribution is 5.45. The quantitative estimate of drug-likeness (QED) is 0.837. The first-order valence-corrected chi connectivity index (χ1v) is 7.61. The van der Waals surface area contributed by atoms with Gasteiger partial charge in [-0.1, -0.05) is 20.3 Å². The molecule has 3 atom stereocenters. The van der Waals surface area contributed by atoms with Gasteiger partial charge in [0.15, 0.2) is 5.82 Å². The molecule has 3 N–H and O–H groups in total. The number of rotatable bonds is 6. The van der Waals surface area contributed by atoms with Gasteiger partial charge in [-0.25, -0.2) is 9.97 Å².